The number of para-hydroxylation sites is 3. The Morgan fingerprint density at radius 3 is 1.50 bits per heavy atom. The lowest BCUT2D eigenvalue weighted by atomic mass is 9.86. The van der Waals surface area contributed by atoms with Gasteiger partial charge >= 0.3 is 6.18 Å². The third kappa shape index (κ3) is 19.7. The number of aromatic amines is 2. The number of benzene rings is 4. The van der Waals surface area contributed by atoms with E-state index < -0.39 is 11.7 Å². The molecule has 72 heavy (non-hydrogen) atoms. The number of nitrogens with zero attached hydrogens (tertiary/aromatic N) is 5. The van der Waals surface area contributed by atoms with Crippen LogP contribution in [0.25, 0.3) is 21.3 Å². The van der Waals surface area contributed by atoms with Crippen molar-refractivity contribution in [2.24, 2.45) is 0 Å². The van der Waals surface area contributed by atoms with E-state index in [0.29, 0.717) is 5.56 Å². The minimum Gasteiger partial charge on any atom is -0.342 e. The Morgan fingerprint density at radius 2 is 1.10 bits per heavy atom. The SMILES string of the molecule is CC(C)(C)c1ccc([N+](=O)[O-])cc1.CC(C)(C)c1cccc(C(F)(F)F)c1.CC(C)(C)c1nc2ccccc2[nH]1.CC(C)(C)c1nc2ccccc2s1.CC(C)(C)c1nccs1.Cc1cc(C(C)(C)C)n[nH]1. The molecule has 0 amide bonds. The summed E-state index contributed by atoms with van der Waals surface area (Å²) < 4.78 is 38.4. The highest BCUT2D eigenvalue weighted by Gasteiger charge is 2.31. The van der Waals surface area contributed by atoms with Gasteiger partial charge in [-0.25, -0.2) is 15.0 Å². The van der Waals surface area contributed by atoms with Crippen molar-refractivity contribution in [1.82, 2.24) is 30.1 Å². The molecule has 0 aliphatic rings. The number of rotatable bonds is 1. The molecule has 0 radical (unpaired) electrons. The third-order valence-electron chi connectivity index (χ3n) is 10.6. The Kier molecular flexibility index (Phi) is 20.5. The van der Waals surface area contributed by atoms with Gasteiger partial charge in [0.05, 0.1) is 47.4 Å². The first-order valence-electron chi connectivity index (χ1n) is 24.0. The Morgan fingerprint density at radius 1 is 0.556 bits per heavy atom. The van der Waals surface area contributed by atoms with Crippen molar-refractivity contribution in [3.63, 3.8) is 0 Å². The van der Waals surface area contributed by atoms with E-state index in [1.54, 1.807) is 53.0 Å². The largest absolute Gasteiger partial charge is 0.416 e. The first kappa shape index (κ1) is 60.6. The molecule has 0 bridgehead atoms. The van der Waals surface area contributed by atoms with Gasteiger partial charge in [0.1, 0.15) is 5.82 Å². The van der Waals surface area contributed by atoms with E-state index in [1.807, 2.05) is 63.5 Å². The summed E-state index contributed by atoms with van der Waals surface area (Å²) in [6, 6.07) is 30.7. The van der Waals surface area contributed by atoms with E-state index in [9.17, 15) is 23.3 Å². The minimum absolute atomic E-state index is 0.0507. The summed E-state index contributed by atoms with van der Waals surface area (Å²) in [7, 11) is 0. The van der Waals surface area contributed by atoms with Gasteiger partial charge in [-0.05, 0) is 65.3 Å². The minimum atomic E-state index is -4.25. The van der Waals surface area contributed by atoms with E-state index in [4.69, 9.17) is 0 Å². The number of aryl methyl sites for hydroxylation is 1. The average Bonchev–Trinajstić information content (AvgIpc) is 4.10. The van der Waals surface area contributed by atoms with Crippen molar-refractivity contribution < 1.29 is 18.1 Å². The summed E-state index contributed by atoms with van der Waals surface area (Å²) in [5.41, 5.74) is 7.40. The van der Waals surface area contributed by atoms with Gasteiger partial charge in [0.2, 0.25) is 0 Å². The van der Waals surface area contributed by atoms with Crippen LogP contribution in [0.4, 0.5) is 18.9 Å². The number of aromatic nitrogens is 6. The lowest BCUT2D eigenvalue weighted by Crippen LogP contribution is -2.13. The molecule has 8 rings (SSSR count). The van der Waals surface area contributed by atoms with Crippen LogP contribution < -0.4 is 0 Å². The van der Waals surface area contributed by atoms with E-state index in [0.717, 1.165) is 45.4 Å². The molecule has 0 unspecified atom stereocenters. The van der Waals surface area contributed by atoms with Crippen LogP contribution in [-0.2, 0) is 38.7 Å². The predicted molar refractivity (Wildman–Crippen MR) is 298 cm³/mol. The number of fused-ring (bicyclic) bond motifs is 2. The number of alkyl halides is 3. The first-order valence-corrected chi connectivity index (χ1v) is 25.7. The second-order valence-corrected chi connectivity index (χ2v) is 25.7. The smallest absolute Gasteiger partial charge is 0.342 e. The van der Waals surface area contributed by atoms with Crippen LogP contribution in [0.3, 0.4) is 0 Å². The van der Waals surface area contributed by atoms with Gasteiger partial charge in [-0.3, -0.25) is 15.2 Å². The van der Waals surface area contributed by atoms with Crippen molar-refractivity contribution >= 4 is 49.6 Å². The fourth-order valence-corrected chi connectivity index (χ4v) is 7.89. The number of thiazole rings is 2. The summed E-state index contributed by atoms with van der Waals surface area (Å²) >= 11 is 3.51. The maximum absolute atomic E-state index is 12.4. The van der Waals surface area contributed by atoms with Crippen LogP contribution in [0.2, 0.25) is 0 Å². The van der Waals surface area contributed by atoms with E-state index in [1.165, 1.54) is 26.8 Å². The third-order valence-corrected chi connectivity index (χ3v) is 13.2. The van der Waals surface area contributed by atoms with Crippen LogP contribution >= 0.6 is 22.7 Å². The summed E-state index contributed by atoms with van der Waals surface area (Å²) in [4.78, 5) is 26.6. The molecule has 390 valence electrons. The Labute approximate surface area is 434 Å². The quantitative estimate of drug-likeness (QED) is 0.125. The number of nitrogens with one attached hydrogen (secondary N) is 2. The van der Waals surface area contributed by atoms with Gasteiger partial charge in [-0.15, -0.1) is 22.7 Å². The number of H-pyrrole nitrogens is 2. The van der Waals surface area contributed by atoms with Gasteiger partial charge in [0.15, 0.2) is 0 Å². The average molecular weight is 1030 g/mol. The van der Waals surface area contributed by atoms with E-state index >= 15 is 0 Å². The Hall–Kier alpha value is -5.73. The van der Waals surface area contributed by atoms with Crippen LogP contribution in [-0.4, -0.2) is 35.1 Å². The molecule has 0 aliphatic heterocycles. The predicted octanol–water partition coefficient (Wildman–Crippen LogP) is 17.8. The molecule has 0 saturated carbocycles. The maximum Gasteiger partial charge on any atom is 0.416 e. The summed E-state index contributed by atoms with van der Waals surface area (Å²) in [6.07, 6.45) is -2.40. The monoisotopic (exact) mass is 1030 g/mol. The zero-order valence-electron chi connectivity index (χ0n) is 46.0. The molecule has 9 nitrogen and oxygen atoms in total. The van der Waals surface area contributed by atoms with Gasteiger partial charge < -0.3 is 4.98 Å². The number of imidazole rings is 1. The first-order chi connectivity index (χ1) is 32.9. The number of nitro benzene ring substituents is 1. The molecule has 4 aromatic carbocycles. The van der Waals surface area contributed by atoms with E-state index in [-0.39, 0.29) is 43.1 Å². The van der Waals surface area contributed by atoms with Crippen LogP contribution in [0, 0.1) is 17.0 Å². The van der Waals surface area contributed by atoms with Gasteiger partial charge in [0, 0.05) is 51.1 Å². The van der Waals surface area contributed by atoms with Crippen molar-refractivity contribution in [3.8, 4) is 0 Å². The van der Waals surface area contributed by atoms with E-state index in [2.05, 4.69) is 164 Å². The Balaban J connectivity index is 0.000000229. The summed E-state index contributed by atoms with van der Waals surface area (Å²) in [6.45, 7) is 40.0. The zero-order chi connectivity index (χ0) is 54.7. The Bertz CT molecular complexity index is 2710. The number of nitro groups is 1. The molecule has 14 heteroatoms. The van der Waals surface area contributed by atoms with Crippen molar-refractivity contribution in [1.29, 1.82) is 0 Å². The second kappa shape index (κ2) is 24.3. The molecule has 0 saturated heterocycles. The van der Waals surface area contributed by atoms with Crippen molar-refractivity contribution in [2.75, 3.05) is 0 Å². The highest BCUT2D eigenvalue weighted by molar-refractivity contribution is 7.18. The topological polar surface area (TPSA) is 126 Å². The van der Waals surface area contributed by atoms with Gasteiger partial charge in [0.25, 0.3) is 5.69 Å². The fraction of sp³-hybridized carbons (Fsp3) is 0.448. The molecule has 0 atom stereocenters. The van der Waals surface area contributed by atoms with Crippen LogP contribution in [0.5, 0.6) is 0 Å². The summed E-state index contributed by atoms with van der Waals surface area (Å²) in [5, 5.41) is 21.9. The normalized spacial score (nSPS) is 12.1. The van der Waals surface area contributed by atoms with Gasteiger partial charge in [-0.2, -0.15) is 18.3 Å². The molecule has 8 aromatic rings. The molecule has 0 aliphatic carbocycles. The molecule has 0 spiro atoms. The number of halogens is 3. The standard InChI is InChI=1S/C11H13F3.C11H14N2.C11H13NS.C10H13NO2.C8H14N2.C7H11NS/c1-10(2,3)8-5-4-6-9(7-8)11(12,13)14;2*1-11(2,3)10-12-8-6-4-5-7-9(8)13-10;1-10(2,3)8-4-6-9(7-5-8)11(12)13;1-6-5-7(10-9-6)8(2,3)4;1-7(2,3)6-8-4-5-9-6/h4-7H,1-3H3;4-7H,1-3H3,(H,12,13);2*4-7H,1-3H3;5H,1-4H3,(H,9,10);4-5H,1-3H3. The molecule has 2 N–H and O–H groups in total. The van der Waals surface area contributed by atoms with Crippen molar-refractivity contribution in [2.45, 2.75) is 170 Å². The molecular weight excluding hydrogens is 948 g/mol. The number of hydrogen-bond acceptors (Lipinski definition) is 8. The number of non-ortho nitro benzene ring substituents is 1. The highest BCUT2D eigenvalue weighted by Crippen LogP contribution is 2.33. The molecule has 4 aromatic heterocycles. The zero-order valence-corrected chi connectivity index (χ0v) is 47.6. The molecular formula is C58H78F3N7O2S2. The van der Waals surface area contributed by atoms with Crippen LogP contribution in [0.1, 0.15) is 169 Å². The fourth-order valence-electron chi connectivity index (χ4n) is 6.14. The molecule has 0 fully saturated rings. The maximum atomic E-state index is 12.4. The second-order valence-electron chi connectivity index (χ2n) is 23.7. The van der Waals surface area contributed by atoms with Gasteiger partial charge in [-0.1, -0.05) is 179 Å². The van der Waals surface area contributed by atoms with Crippen molar-refractivity contribution in [3.05, 3.63) is 169 Å². The molecule has 4 heterocycles. The van der Waals surface area contributed by atoms with Crippen LogP contribution in [0.15, 0.2) is 115 Å². The highest BCUT2D eigenvalue weighted by atomic mass is 32.1. The lowest BCUT2D eigenvalue weighted by molar-refractivity contribution is -0.384. The lowest BCUT2D eigenvalue weighted by Gasteiger charge is -2.20. The summed E-state index contributed by atoms with van der Waals surface area (Å²) in [5.74, 6) is 1.05. The number of hydrogen-bond donors (Lipinski definition) is 2.